The molecule has 0 aliphatic carbocycles. The van der Waals surface area contributed by atoms with Crippen molar-refractivity contribution < 1.29 is 14.5 Å². The van der Waals surface area contributed by atoms with Crippen molar-refractivity contribution in [2.24, 2.45) is 0 Å². The molecule has 0 saturated carbocycles. The van der Waals surface area contributed by atoms with E-state index in [1.54, 1.807) is 17.9 Å². The molecule has 1 aromatic rings. The summed E-state index contributed by atoms with van der Waals surface area (Å²) in [6, 6.07) is 3.09. The number of nitrogens with one attached hydrogen (secondary N) is 1. The van der Waals surface area contributed by atoms with Gasteiger partial charge in [0.05, 0.1) is 11.5 Å². The van der Waals surface area contributed by atoms with Crippen LogP contribution in [0.3, 0.4) is 0 Å². The zero-order chi connectivity index (χ0) is 17.9. The van der Waals surface area contributed by atoms with Crippen LogP contribution in [0.5, 0.6) is 0 Å². The number of carbonyl (C=O) groups excluding carboxylic acids is 2. The summed E-state index contributed by atoms with van der Waals surface area (Å²) in [5.74, 6) is -0.262. The van der Waals surface area contributed by atoms with E-state index in [4.69, 9.17) is 0 Å². The summed E-state index contributed by atoms with van der Waals surface area (Å²) in [5, 5.41) is 13.8. The Labute approximate surface area is 140 Å². The number of hydrogen-bond donors (Lipinski definition) is 1. The minimum atomic E-state index is -0.492. The van der Waals surface area contributed by atoms with Crippen molar-refractivity contribution >= 4 is 23.2 Å². The van der Waals surface area contributed by atoms with E-state index in [-0.39, 0.29) is 29.7 Å². The molecule has 24 heavy (non-hydrogen) atoms. The van der Waals surface area contributed by atoms with Crippen LogP contribution >= 0.6 is 0 Å². The van der Waals surface area contributed by atoms with Crippen LogP contribution in [0.1, 0.15) is 18.1 Å². The Morgan fingerprint density at radius 2 is 1.75 bits per heavy atom. The summed E-state index contributed by atoms with van der Waals surface area (Å²) in [4.78, 5) is 37.8. The lowest BCUT2D eigenvalue weighted by Gasteiger charge is -2.33. The molecule has 130 valence electrons. The van der Waals surface area contributed by atoms with Crippen molar-refractivity contribution in [3.8, 4) is 0 Å². The number of aryl methyl sites for hydroxylation is 2. The monoisotopic (exact) mass is 334 g/mol. The molecule has 0 unspecified atom stereocenters. The maximum atomic E-state index is 12.2. The van der Waals surface area contributed by atoms with Crippen LogP contribution in [-0.2, 0) is 9.59 Å². The highest BCUT2D eigenvalue weighted by molar-refractivity contribution is 5.94. The summed E-state index contributed by atoms with van der Waals surface area (Å²) in [7, 11) is 0. The molecular formula is C16H22N4O4. The molecule has 0 aromatic heterocycles. The molecule has 1 aliphatic rings. The van der Waals surface area contributed by atoms with Gasteiger partial charge in [-0.25, -0.2) is 0 Å². The maximum absolute atomic E-state index is 12.2. The minimum absolute atomic E-state index is 0.0323. The number of carbonyl (C=O) groups is 2. The molecule has 0 atom stereocenters. The molecule has 1 saturated heterocycles. The lowest BCUT2D eigenvalue weighted by Crippen LogP contribution is -2.49. The molecule has 1 N–H and O–H groups in total. The number of nitrogens with zero attached hydrogens (tertiary/aromatic N) is 3. The fourth-order valence-electron chi connectivity index (χ4n) is 2.67. The molecular weight excluding hydrogens is 312 g/mol. The first kappa shape index (κ1) is 17.9. The summed E-state index contributed by atoms with van der Waals surface area (Å²) in [6.45, 7) is 7.72. The Balaban J connectivity index is 1.99. The van der Waals surface area contributed by atoms with Crippen LogP contribution in [0.2, 0.25) is 0 Å². The van der Waals surface area contributed by atoms with E-state index in [0.717, 1.165) is 11.1 Å². The van der Waals surface area contributed by atoms with E-state index < -0.39 is 4.92 Å². The Hall–Kier alpha value is -2.48. The van der Waals surface area contributed by atoms with Gasteiger partial charge in [0.1, 0.15) is 5.69 Å². The summed E-state index contributed by atoms with van der Waals surface area (Å²) in [5.41, 5.74) is 1.80. The van der Waals surface area contributed by atoms with E-state index in [1.165, 1.54) is 13.0 Å². The average molecular weight is 334 g/mol. The third-order valence-electron chi connectivity index (χ3n) is 4.27. The van der Waals surface area contributed by atoms with Gasteiger partial charge in [-0.1, -0.05) is 0 Å². The van der Waals surface area contributed by atoms with Gasteiger partial charge in [-0.3, -0.25) is 24.6 Å². The largest absolute Gasteiger partial charge is 0.340 e. The third kappa shape index (κ3) is 4.29. The van der Waals surface area contributed by atoms with Gasteiger partial charge in [0.25, 0.3) is 5.69 Å². The van der Waals surface area contributed by atoms with E-state index in [0.29, 0.717) is 26.2 Å². The smallest absolute Gasteiger partial charge is 0.293 e. The number of piperazine rings is 1. The highest BCUT2D eigenvalue weighted by Gasteiger charge is 2.22. The summed E-state index contributed by atoms with van der Waals surface area (Å²) >= 11 is 0. The molecule has 8 nitrogen and oxygen atoms in total. The van der Waals surface area contributed by atoms with Crippen LogP contribution in [0, 0.1) is 24.0 Å². The molecule has 0 spiro atoms. The van der Waals surface area contributed by atoms with Gasteiger partial charge >= 0.3 is 0 Å². The lowest BCUT2D eigenvalue weighted by molar-refractivity contribution is -0.384. The van der Waals surface area contributed by atoms with Gasteiger partial charge in [0.2, 0.25) is 11.8 Å². The third-order valence-corrected chi connectivity index (χ3v) is 4.27. The molecule has 1 fully saturated rings. The Morgan fingerprint density at radius 3 is 2.29 bits per heavy atom. The first-order chi connectivity index (χ1) is 11.3. The van der Waals surface area contributed by atoms with E-state index in [9.17, 15) is 19.7 Å². The second-order valence-electron chi connectivity index (χ2n) is 6.04. The van der Waals surface area contributed by atoms with Crippen LogP contribution in [0.25, 0.3) is 0 Å². The second kappa shape index (κ2) is 7.39. The van der Waals surface area contributed by atoms with Crippen molar-refractivity contribution in [3.63, 3.8) is 0 Å². The van der Waals surface area contributed by atoms with Gasteiger partial charge < -0.3 is 10.2 Å². The van der Waals surface area contributed by atoms with Gasteiger partial charge in [0.15, 0.2) is 0 Å². The fourth-order valence-corrected chi connectivity index (χ4v) is 2.67. The van der Waals surface area contributed by atoms with E-state index in [1.807, 2.05) is 11.8 Å². The van der Waals surface area contributed by atoms with Gasteiger partial charge in [-0.15, -0.1) is 0 Å². The number of nitro groups is 1. The minimum Gasteiger partial charge on any atom is -0.340 e. The predicted molar refractivity (Wildman–Crippen MR) is 89.9 cm³/mol. The number of hydrogen-bond acceptors (Lipinski definition) is 5. The number of rotatable bonds is 4. The Kier molecular flexibility index (Phi) is 5.50. The summed E-state index contributed by atoms with van der Waals surface area (Å²) < 4.78 is 0. The topological polar surface area (TPSA) is 95.8 Å². The number of nitro benzene ring substituents is 1. The zero-order valence-electron chi connectivity index (χ0n) is 14.2. The van der Waals surface area contributed by atoms with Crippen molar-refractivity contribution in [2.45, 2.75) is 20.8 Å². The Morgan fingerprint density at radius 1 is 1.17 bits per heavy atom. The first-order valence-corrected chi connectivity index (χ1v) is 7.81. The normalized spacial score (nSPS) is 15.2. The highest BCUT2D eigenvalue weighted by atomic mass is 16.6. The van der Waals surface area contributed by atoms with Crippen molar-refractivity contribution in [2.75, 3.05) is 38.0 Å². The highest BCUT2D eigenvalue weighted by Crippen LogP contribution is 2.27. The average Bonchev–Trinajstić information content (AvgIpc) is 2.50. The molecule has 1 heterocycles. The summed E-state index contributed by atoms with van der Waals surface area (Å²) in [6.07, 6.45) is 0. The first-order valence-electron chi connectivity index (χ1n) is 7.81. The second-order valence-corrected chi connectivity index (χ2v) is 6.04. The molecule has 8 heteroatoms. The van der Waals surface area contributed by atoms with Gasteiger partial charge in [0, 0.05) is 39.2 Å². The number of amides is 2. The molecule has 1 aromatic carbocycles. The lowest BCUT2D eigenvalue weighted by atomic mass is 10.1. The number of benzene rings is 1. The quantitative estimate of drug-likeness (QED) is 0.662. The van der Waals surface area contributed by atoms with E-state index in [2.05, 4.69) is 5.32 Å². The molecule has 2 amide bonds. The van der Waals surface area contributed by atoms with E-state index >= 15 is 0 Å². The molecule has 0 radical (unpaired) electrons. The van der Waals surface area contributed by atoms with Gasteiger partial charge in [-0.2, -0.15) is 0 Å². The zero-order valence-corrected chi connectivity index (χ0v) is 14.2. The molecule has 1 aliphatic heterocycles. The van der Waals surface area contributed by atoms with Crippen LogP contribution < -0.4 is 5.32 Å². The standard InChI is InChI=1S/C16H22N4O4/c1-11-8-14(15(20(23)24)9-12(11)2)17-16(22)10-18-4-6-19(7-5-18)13(3)21/h8-9H,4-7,10H2,1-3H3,(H,17,22). The molecule has 0 bridgehead atoms. The Bertz CT molecular complexity index is 666. The maximum Gasteiger partial charge on any atom is 0.293 e. The SMILES string of the molecule is CC(=O)N1CCN(CC(=O)Nc2cc(C)c(C)cc2[N+](=O)[O-])CC1. The fraction of sp³-hybridized carbons (Fsp3) is 0.500. The van der Waals surface area contributed by atoms with Crippen LogP contribution in [0.15, 0.2) is 12.1 Å². The predicted octanol–water partition coefficient (Wildman–Crippen LogP) is 1.31. The van der Waals surface area contributed by atoms with Gasteiger partial charge in [-0.05, 0) is 31.0 Å². The van der Waals surface area contributed by atoms with Crippen LogP contribution in [-0.4, -0.2) is 59.3 Å². The van der Waals surface area contributed by atoms with Crippen LogP contribution in [0.4, 0.5) is 11.4 Å². The number of anilines is 1. The van der Waals surface area contributed by atoms with Crippen molar-refractivity contribution in [1.82, 2.24) is 9.80 Å². The molecule has 2 rings (SSSR count). The van der Waals surface area contributed by atoms with Crippen molar-refractivity contribution in [1.29, 1.82) is 0 Å². The van der Waals surface area contributed by atoms with Crippen molar-refractivity contribution in [3.05, 3.63) is 33.4 Å².